The summed E-state index contributed by atoms with van der Waals surface area (Å²) in [5.41, 5.74) is 0.454. The van der Waals surface area contributed by atoms with E-state index in [2.05, 4.69) is 24.4 Å². The summed E-state index contributed by atoms with van der Waals surface area (Å²) in [4.78, 5) is 35.1. The Morgan fingerprint density at radius 3 is 1.71 bits per heavy atom. The molecule has 0 bridgehead atoms. The van der Waals surface area contributed by atoms with Crippen molar-refractivity contribution < 1.29 is 19.1 Å². The second-order valence-corrected chi connectivity index (χ2v) is 20.6. The molecule has 0 saturated carbocycles. The Morgan fingerprint density at radius 1 is 0.952 bits per heavy atom. The zero-order valence-corrected chi connectivity index (χ0v) is 16.9. The van der Waals surface area contributed by atoms with Gasteiger partial charge >= 0.3 is 131 Å². The van der Waals surface area contributed by atoms with Gasteiger partial charge in [0, 0.05) is 0 Å². The van der Waals surface area contributed by atoms with Crippen molar-refractivity contribution in [2.75, 3.05) is 41.4 Å². The Morgan fingerprint density at radius 2 is 1.38 bits per heavy atom. The molecule has 21 heavy (non-hydrogen) atoms. The van der Waals surface area contributed by atoms with Gasteiger partial charge in [-0.05, 0) is 0 Å². The molecule has 0 unspecified atom stereocenters. The summed E-state index contributed by atoms with van der Waals surface area (Å²) in [7, 11) is 6.61. The molecule has 1 aliphatic rings. The van der Waals surface area contributed by atoms with Gasteiger partial charge in [-0.15, -0.1) is 0 Å². The van der Waals surface area contributed by atoms with Gasteiger partial charge in [-0.25, -0.2) is 0 Å². The van der Waals surface area contributed by atoms with Crippen molar-refractivity contribution >= 4 is 37.3 Å². The van der Waals surface area contributed by atoms with Crippen LogP contribution in [0.5, 0.6) is 0 Å². The van der Waals surface area contributed by atoms with Crippen molar-refractivity contribution in [2.45, 2.75) is 14.8 Å². The van der Waals surface area contributed by atoms with Crippen LogP contribution in [0.4, 0.5) is 0 Å². The Hall–Kier alpha value is -0.536. The van der Waals surface area contributed by atoms with Crippen molar-refractivity contribution in [1.82, 2.24) is 9.62 Å². The van der Waals surface area contributed by atoms with E-state index in [4.69, 9.17) is 9.47 Å². The number of methoxy groups -OCH3 is 2. The molecule has 118 valence electrons. The first-order valence-corrected chi connectivity index (χ1v) is 17.0. The predicted molar refractivity (Wildman–Crippen MR) is 85.4 cm³/mol. The van der Waals surface area contributed by atoms with Crippen LogP contribution in [0, 0.1) is 0 Å². The maximum absolute atomic E-state index is 12.4. The molecule has 1 heterocycles. The van der Waals surface area contributed by atoms with Gasteiger partial charge in [-0.3, -0.25) is 0 Å². The standard InChI is InChI=1S/C10H16BN2O4.3CH3.Sn/c1-12-5-6-13(2)11(12)8(10(15)17-4)7-9(14)16-3;;;;/h5-6H2,1-4H3;3*1H3;. The summed E-state index contributed by atoms with van der Waals surface area (Å²) in [6, 6.07) is 0. The molecule has 8 heteroatoms. The monoisotopic (exact) mass is 404 g/mol. The second-order valence-electron chi connectivity index (χ2n) is 6.36. The Labute approximate surface area is 131 Å². The fourth-order valence-corrected chi connectivity index (χ4v) is 7.71. The average molecular weight is 403 g/mol. The van der Waals surface area contributed by atoms with Crippen molar-refractivity contribution in [1.29, 1.82) is 0 Å². The third kappa shape index (κ3) is 4.01. The third-order valence-corrected chi connectivity index (χ3v) is 9.35. The molecule has 0 spiro atoms. The predicted octanol–water partition coefficient (Wildman–Crippen LogP) is 0.411. The number of carbonyl (C=O) groups excluding carboxylic acids is 2. The van der Waals surface area contributed by atoms with Gasteiger partial charge < -0.3 is 0 Å². The molecular weight excluding hydrogens is 378 g/mol. The summed E-state index contributed by atoms with van der Waals surface area (Å²) in [5.74, 6) is -0.833. The number of likely N-dealkylation sites (N-methyl/N-ethyl adjacent to an activating group) is 2. The Kier molecular flexibility index (Phi) is 6.30. The van der Waals surface area contributed by atoms with E-state index in [-0.39, 0.29) is 6.98 Å². The van der Waals surface area contributed by atoms with Crippen molar-refractivity contribution in [3.8, 4) is 0 Å². The van der Waals surface area contributed by atoms with Crippen molar-refractivity contribution in [2.24, 2.45) is 0 Å². The molecule has 0 radical (unpaired) electrons. The fraction of sp³-hybridized carbons (Fsp3) is 0.692. The Balaban J connectivity index is 3.55. The van der Waals surface area contributed by atoms with Crippen LogP contribution in [0.25, 0.3) is 0 Å². The van der Waals surface area contributed by atoms with Crippen LogP contribution in [0.2, 0.25) is 14.8 Å². The maximum atomic E-state index is 12.4. The molecule has 0 amide bonds. The van der Waals surface area contributed by atoms with Crippen LogP contribution >= 0.6 is 0 Å². The molecule has 0 N–H and O–H groups in total. The van der Waals surface area contributed by atoms with Crippen LogP contribution in [0.1, 0.15) is 0 Å². The molecule has 6 nitrogen and oxygen atoms in total. The van der Waals surface area contributed by atoms with Crippen molar-refractivity contribution in [3.63, 3.8) is 0 Å². The molecule has 1 saturated heterocycles. The molecule has 0 aromatic carbocycles. The molecule has 0 atom stereocenters. The third-order valence-electron chi connectivity index (χ3n) is 3.71. The second kappa shape index (κ2) is 7.15. The molecule has 0 aromatic heterocycles. The first-order chi connectivity index (χ1) is 9.65. The number of esters is 2. The first-order valence-electron chi connectivity index (χ1n) is 6.96. The fourth-order valence-electron chi connectivity index (χ4n) is 2.71. The van der Waals surface area contributed by atoms with E-state index in [0.29, 0.717) is 9.06 Å². The molecular formula is C13H25BN2O4Sn. The van der Waals surface area contributed by atoms with Gasteiger partial charge in [0.2, 0.25) is 0 Å². The van der Waals surface area contributed by atoms with Crippen molar-refractivity contribution in [3.05, 3.63) is 9.06 Å². The summed E-state index contributed by atoms with van der Waals surface area (Å²) in [6.45, 7) is 1.45. The van der Waals surface area contributed by atoms with Crippen LogP contribution in [-0.4, -0.2) is 88.3 Å². The number of hydrogen-bond acceptors (Lipinski definition) is 6. The van der Waals surface area contributed by atoms with Gasteiger partial charge in [0.05, 0.1) is 0 Å². The zero-order valence-electron chi connectivity index (χ0n) is 14.0. The summed E-state index contributed by atoms with van der Waals surface area (Å²) in [6.07, 6.45) is 0. The van der Waals surface area contributed by atoms with Gasteiger partial charge in [-0.1, -0.05) is 0 Å². The van der Waals surface area contributed by atoms with Crippen LogP contribution < -0.4 is 0 Å². The van der Waals surface area contributed by atoms with E-state index in [1.165, 1.54) is 14.2 Å². The number of rotatable bonds is 4. The number of nitrogens with zero attached hydrogens (tertiary/aromatic N) is 2. The first kappa shape index (κ1) is 18.5. The van der Waals surface area contributed by atoms with E-state index in [9.17, 15) is 9.59 Å². The number of carbonyl (C=O) groups is 2. The molecule has 1 rings (SSSR count). The normalized spacial score (nSPS) is 18.5. The summed E-state index contributed by atoms with van der Waals surface area (Å²) in [5, 5.41) is 0. The van der Waals surface area contributed by atoms with E-state index >= 15 is 0 Å². The van der Waals surface area contributed by atoms with Crippen LogP contribution in [-0.2, 0) is 19.1 Å². The van der Waals surface area contributed by atoms with Gasteiger partial charge in [-0.2, -0.15) is 0 Å². The average Bonchev–Trinajstić information content (AvgIpc) is 2.72. The quantitative estimate of drug-likeness (QED) is 0.386. The van der Waals surface area contributed by atoms with Gasteiger partial charge in [0.25, 0.3) is 0 Å². The molecule has 1 fully saturated rings. The van der Waals surface area contributed by atoms with E-state index < -0.39 is 30.3 Å². The number of hydrogen-bond donors (Lipinski definition) is 0. The number of ether oxygens (including phenoxy) is 2. The molecule has 1 aliphatic heterocycles. The van der Waals surface area contributed by atoms with Crippen LogP contribution in [0.15, 0.2) is 9.06 Å². The Bertz CT molecular complexity index is 452. The zero-order chi connectivity index (χ0) is 16.4. The molecule has 0 aromatic rings. The van der Waals surface area contributed by atoms with E-state index in [0.717, 1.165) is 13.1 Å². The van der Waals surface area contributed by atoms with Gasteiger partial charge in [0.1, 0.15) is 0 Å². The summed E-state index contributed by atoms with van der Waals surface area (Å²) < 4.78 is 10.5. The van der Waals surface area contributed by atoms with Crippen LogP contribution in [0.3, 0.4) is 0 Å². The topological polar surface area (TPSA) is 59.1 Å². The van der Waals surface area contributed by atoms with E-state index in [1.807, 2.05) is 14.1 Å². The van der Waals surface area contributed by atoms with E-state index in [1.54, 1.807) is 0 Å². The summed E-state index contributed by atoms with van der Waals surface area (Å²) >= 11 is -2.89. The SMILES string of the molecule is COC(=O)/C(B1N(C)CCN1C)=[C](\C(=O)OC)[Sn]([CH3])([CH3])[CH3]. The van der Waals surface area contributed by atoms with Gasteiger partial charge in [0.15, 0.2) is 0 Å². The minimum atomic E-state index is -2.89. The molecule has 0 aliphatic carbocycles. The minimum absolute atomic E-state index is 0.234.